The Morgan fingerprint density at radius 2 is 2.09 bits per heavy atom. The number of aryl methyl sites for hydroxylation is 2. The van der Waals surface area contributed by atoms with Crippen molar-refractivity contribution in [1.82, 2.24) is 9.78 Å². The van der Waals surface area contributed by atoms with Gasteiger partial charge in [-0.2, -0.15) is 5.10 Å². The molecule has 0 fully saturated rings. The summed E-state index contributed by atoms with van der Waals surface area (Å²) >= 11 is 0. The molecule has 3 rings (SSSR count). The first-order valence-electron chi connectivity index (χ1n) is 7.25. The van der Waals surface area contributed by atoms with Gasteiger partial charge in [-0.15, -0.1) is 0 Å². The highest BCUT2D eigenvalue weighted by Gasteiger charge is 2.16. The number of ether oxygens (including phenoxy) is 2. The highest BCUT2D eigenvalue weighted by molar-refractivity contribution is 5.91. The summed E-state index contributed by atoms with van der Waals surface area (Å²) < 4.78 is 12.4. The summed E-state index contributed by atoms with van der Waals surface area (Å²) in [5.74, 6) is 1.30. The SMILES string of the molecule is Cc1cc(C)n([C@@H](C)CC(=O)Nc2ccc3c(c2)OCO3)n1. The quantitative estimate of drug-likeness (QED) is 0.943. The number of benzene rings is 1. The highest BCUT2D eigenvalue weighted by Crippen LogP contribution is 2.34. The number of nitrogens with one attached hydrogen (secondary N) is 1. The number of carbonyl (C=O) groups excluding carboxylic acids is 1. The maximum absolute atomic E-state index is 12.2. The van der Waals surface area contributed by atoms with Crippen molar-refractivity contribution >= 4 is 11.6 Å². The van der Waals surface area contributed by atoms with Gasteiger partial charge in [0.1, 0.15) is 0 Å². The third-order valence-electron chi connectivity index (χ3n) is 3.60. The molecule has 1 aliphatic rings. The molecule has 0 bridgehead atoms. The molecule has 1 aromatic carbocycles. The highest BCUT2D eigenvalue weighted by atomic mass is 16.7. The number of carbonyl (C=O) groups is 1. The summed E-state index contributed by atoms with van der Waals surface area (Å²) in [7, 11) is 0. The monoisotopic (exact) mass is 301 g/mol. The number of hydrogen-bond acceptors (Lipinski definition) is 4. The fourth-order valence-corrected chi connectivity index (χ4v) is 2.63. The van der Waals surface area contributed by atoms with E-state index in [9.17, 15) is 4.79 Å². The molecule has 1 atom stereocenters. The van der Waals surface area contributed by atoms with Crippen LogP contribution in [-0.4, -0.2) is 22.5 Å². The van der Waals surface area contributed by atoms with Crippen LogP contribution in [0.25, 0.3) is 0 Å². The van der Waals surface area contributed by atoms with Gasteiger partial charge in [-0.05, 0) is 39.0 Å². The minimum atomic E-state index is -0.0566. The third kappa shape index (κ3) is 2.90. The standard InChI is InChI=1S/C16H19N3O3/c1-10-6-11(2)19(18-10)12(3)7-16(20)17-13-4-5-14-15(8-13)22-9-21-14/h4-6,8,12H,7,9H2,1-3H3,(H,17,20)/t12-/m0/s1. The molecule has 22 heavy (non-hydrogen) atoms. The molecule has 0 saturated carbocycles. The van der Waals surface area contributed by atoms with Crippen LogP contribution >= 0.6 is 0 Å². The zero-order chi connectivity index (χ0) is 15.7. The number of nitrogens with zero attached hydrogens (tertiary/aromatic N) is 2. The number of amides is 1. The second-order valence-electron chi connectivity index (χ2n) is 5.54. The van der Waals surface area contributed by atoms with Crippen LogP contribution in [0.1, 0.15) is 30.8 Å². The summed E-state index contributed by atoms with van der Waals surface area (Å²) in [6.45, 7) is 6.15. The molecule has 1 N–H and O–H groups in total. The van der Waals surface area contributed by atoms with Crippen molar-refractivity contribution in [2.75, 3.05) is 12.1 Å². The zero-order valence-electron chi connectivity index (χ0n) is 12.9. The van der Waals surface area contributed by atoms with Gasteiger partial charge >= 0.3 is 0 Å². The summed E-state index contributed by atoms with van der Waals surface area (Å²) in [4.78, 5) is 12.2. The summed E-state index contributed by atoms with van der Waals surface area (Å²) in [5.41, 5.74) is 2.72. The van der Waals surface area contributed by atoms with E-state index in [0.29, 0.717) is 23.6 Å². The van der Waals surface area contributed by atoms with E-state index in [1.165, 1.54) is 0 Å². The fraction of sp³-hybridized carbons (Fsp3) is 0.375. The molecule has 2 heterocycles. The lowest BCUT2D eigenvalue weighted by molar-refractivity contribution is -0.116. The van der Waals surface area contributed by atoms with Crippen LogP contribution in [-0.2, 0) is 4.79 Å². The third-order valence-corrected chi connectivity index (χ3v) is 3.60. The first-order chi connectivity index (χ1) is 10.5. The number of rotatable bonds is 4. The molecule has 0 aliphatic carbocycles. The molecule has 0 unspecified atom stereocenters. The van der Waals surface area contributed by atoms with Gasteiger partial charge in [-0.25, -0.2) is 0 Å². The van der Waals surface area contributed by atoms with E-state index in [-0.39, 0.29) is 18.7 Å². The Labute approximate surface area is 129 Å². The Kier molecular flexibility index (Phi) is 3.75. The Balaban J connectivity index is 1.64. The second-order valence-corrected chi connectivity index (χ2v) is 5.54. The second kappa shape index (κ2) is 5.71. The first kappa shape index (κ1) is 14.4. The molecule has 6 heteroatoms. The largest absolute Gasteiger partial charge is 0.454 e. The van der Waals surface area contributed by atoms with Crippen molar-refractivity contribution in [3.8, 4) is 11.5 Å². The summed E-state index contributed by atoms with van der Waals surface area (Å²) in [6, 6.07) is 7.38. The maximum atomic E-state index is 12.2. The van der Waals surface area contributed by atoms with Crippen molar-refractivity contribution < 1.29 is 14.3 Å². The van der Waals surface area contributed by atoms with E-state index < -0.39 is 0 Å². The number of aromatic nitrogens is 2. The molecule has 0 spiro atoms. The van der Waals surface area contributed by atoms with E-state index in [1.54, 1.807) is 18.2 Å². The topological polar surface area (TPSA) is 65.4 Å². The van der Waals surface area contributed by atoms with Gasteiger partial charge < -0.3 is 14.8 Å². The minimum Gasteiger partial charge on any atom is -0.454 e. The molecule has 1 aliphatic heterocycles. The van der Waals surface area contributed by atoms with E-state index in [1.807, 2.05) is 31.5 Å². The average molecular weight is 301 g/mol. The Morgan fingerprint density at radius 3 is 2.82 bits per heavy atom. The van der Waals surface area contributed by atoms with Crippen molar-refractivity contribution in [3.05, 3.63) is 35.7 Å². The van der Waals surface area contributed by atoms with E-state index in [2.05, 4.69) is 10.4 Å². The van der Waals surface area contributed by atoms with Gasteiger partial charge in [0.2, 0.25) is 12.7 Å². The Morgan fingerprint density at radius 1 is 1.32 bits per heavy atom. The van der Waals surface area contributed by atoms with Crippen LogP contribution in [0, 0.1) is 13.8 Å². The van der Waals surface area contributed by atoms with Gasteiger partial charge in [0, 0.05) is 23.9 Å². The molecule has 1 amide bonds. The van der Waals surface area contributed by atoms with Gasteiger partial charge in [-0.3, -0.25) is 9.48 Å². The molecule has 2 aromatic rings. The smallest absolute Gasteiger partial charge is 0.231 e. The predicted octanol–water partition coefficient (Wildman–Crippen LogP) is 2.82. The lowest BCUT2D eigenvalue weighted by atomic mass is 10.2. The van der Waals surface area contributed by atoms with Crippen molar-refractivity contribution in [2.45, 2.75) is 33.2 Å². The molecular formula is C16H19N3O3. The van der Waals surface area contributed by atoms with Crippen LogP contribution in [0.15, 0.2) is 24.3 Å². The van der Waals surface area contributed by atoms with E-state index in [0.717, 1.165) is 11.4 Å². The van der Waals surface area contributed by atoms with Crippen LogP contribution in [0.4, 0.5) is 5.69 Å². The molecule has 0 saturated heterocycles. The molecular weight excluding hydrogens is 282 g/mol. The maximum Gasteiger partial charge on any atom is 0.231 e. The lowest BCUT2D eigenvalue weighted by Crippen LogP contribution is -2.19. The van der Waals surface area contributed by atoms with Crippen LogP contribution in [0.2, 0.25) is 0 Å². The number of hydrogen-bond donors (Lipinski definition) is 1. The van der Waals surface area contributed by atoms with E-state index >= 15 is 0 Å². The van der Waals surface area contributed by atoms with Gasteiger partial charge in [0.25, 0.3) is 0 Å². The van der Waals surface area contributed by atoms with Gasteiger partial charge in [0.05, 0.1) is 11.7 Å². The van der Waals surface area contributed by atoms with E-state index in [4.69, 9.17) is 9.47 Å². The Bertz CT molecular complexity index is 709. The Hall–Kier alpha value is -2.50. The van der Waals surface area contributed by atoms with Crippen molar-refractivity contribution in [1.29, 1.82) is 0 Å². The molecule has 116 valence electrons. The normalized spacial score (nSPS) is 14.0. The predicted molar refractivity (Wildman–Crippen MR) is 82.2 cm³/mol. The first-order valence-corrected chi connectivity index (χ1v) is 7.25. The van der Waals surface area contributed by atoms with Gasteiger partial charge in [-0.1, -0.05) is 0 Å². The van der Waals surface area contributed by atoms with Crippen molar-refractivity contribution in [2.24, 2.45) is 0 Å². The van der Waals surface area contributed by atoms with Crippen molar-refractivity contribution in [3.63, 3.8) is 0 Å². The summed E-state index contributed by atoms with van der Waals surface area (Å²) in [6.07, 6.45) is 0.358. The average Bonchev–Trinajstić information content (AvgIpc) is 3.04. The minimum absolute atomic E-state index is 0.00251. The zero-order valence-corrected chi connectivity index (χ0v) is 12.9. The van der Waals surface area contributed by atoms with Crippen LogP contribution < -0.4 is 14.8 Å². The molecule has 1 aromatic heterocycles. The summed E-state index contributed by atoms with van der Waals surface area (Å²) in [5, 5.41) is 7.30. The number of anilines is 1. The van der Waals surface area contributed by atoms with Crippen LogP contribution in [0.3, 0.4) is 0 Å². The van der Waals surface area contributed by atoms with Gasteiger partial charge in [0.15, 0.2) is 11.5 Å². The lowest BCUT2D eigenvalue weighted by Gasteiger charge is -2.14. The molecule has 0 radical (unpaired) electrons. The molecule has 6 nitrogen and oxygen atoms in total. The number of fused-ring (bicyclic) bond motifs is 1. The van der Waals surface area contributed by atoms with Crippen LogP contribution in [0.5, 0.6) is 11.5 Å². The fourth-order valence-electron chi connectivity index (χ4n) is 2.63.